The summed E-state index contributed by atoms with van der Waals surface area (Å²) in [5.41, 5.74) is 5.67. The second kappa shape index (κ2) is 8.85. The van der Waals surface area contributed by atoms with Crippen molar-refractivity contribution in [3.63, 3.8) is 0 Å². The normalized spacial score (nSPS) is 11.8. The zero-order valence-electron chi connectivity index (χ0n) is 22.4. The molecule has 0 bridgehead atoms. The van der Waals surface area contributed by atoms with Crippen molar-refractivity contribution < 1.29 is 4.42 Å². The third kappa shape index (κ3) is 3.40. The Labute approximate surface area is 240 Å². The first-order valence-corrected chi connectivity index (χ1v) is 14.0. The Morgan fingerprint density at radius 2 is 1.07 bits per heavy atom. The highest BCUT2D eigenvalue weighted by atomic mass is 16.3. The number of aromatic nitrogens is 4. The minimum Gasteiger partial charge on any atom is -0.456 e. The number of benzene rings is 6. The Balaban J connectivity index is 1.40. The first-order valence-electron chi connectivity index (χ1n) is 14.0. The van der Waals surface area contributed by atoms with Gasteiger partial charge in [0.15, 0.2) is 11.6 Å². The van der Waals surface area contributed by atoms with Gasteiger partial charge in [-0.15, -0.1) is 0 Å². The maximum absolute atomic E-state index is 6.44. The first kappa shape index (κ1) is 22.9. The molecule has 3 heterocycles. The van der Waals surface area contributed by atoms with Crippen molar-refractivity contribution in [1.82, 2.24) is 19.5 Å². The molecule has 0 amide bonds. The van der Waals surface area contributed by atoms with Crippen LogP contribution in [0.1, 0.15) is 0 Å². The Morgan fingerprint density at radius 3 is 1.79 bits per heavy atom. The van der Waals surface area contributed by atoms with E-state index >= 15 is 0 Å². The molecule has 9 aromatic rings. The molecule has 0 atom stereocenters. The highest BCUT2D eigenvalue weighted by molar-refractivity contribution is 6.28. The lowest BCUT2D eigenvalue weighted by Gasteiger charge is -2.10. The number of furan rings is 1. The SMILES string of the molecule is c1ccc(-c2nc(-c3ccccc3)nc(-n3c4ccccc4c4c5c(ccc43)oc3cc4ccccc4cc35)n2)cc1. The lowest BCUT2D eigenvalue weighted by molar-refractivity contribution is 0.669. The zero-order chi connectivity index (χ0) is 27.6. The summed E-state index contributed by atoms with van der Waals surface area (Å²) in [6.45, 7) is 0. The van der Waals surface area contributed by atoms with Gasteiger partial charge in [0.1, 0.15) is 11.2 Å². The van der Waals surface area contributed by atoms with Crippen LogP contribution in [0.15, 0.2) is 138 Å². The summed E-state index contributed by atoms with van der Waals surface area (Å²) in [4.78, 5) is 15.0. The van der Waals surface area contributed by atoms with Crippen molar-refractivity contribution in [2.75, 3.05) is 0 Å². The molecule has 42 heavy (non-hydrogen) atoms. The quantitative estimate of drug-likeness (QED) is 0.225. The predicted octanol–water partition coefficient (Wildman–Crippen LogP) is 9.36. The fraction of sp³-hybridized carbons (Fsp3) is 0. The van der Waals surface area contributed by atoms with Crippen LogP contribution in [0.25, 0.3) is 83.2 Å². The van der Waals surface area contributed by atoms with Crippen LogP contribution in [0, 0.1) is 0 Å². The molecule has 0 N–H and O–H groups in total. The van der Waals surface area contributed by atoms with Gasteiger partial charge in [-0.25, -0.2) is 4.98 Å². The maximum atomic E-state index is 6.44. The molecule has 0 unspecified atom stereocenters. The van der Waals surface area contributed by atoms with E-state index < -0.39 is 0 Å². The maximum Gasteiger partial charge on any atom is 0.238 e. The Kier molecular flexibility index (Phi) is 4.83. The highest BCUT2D eigenvalue weighted by Crippen LogP contribution is 2.42. The monoisotopic (exact) mass is 538 g/mol. The summed E-state index contributed by atoms with van der Waals surface area (Å²) >= 11 is 0. The van der Waals surface area contributed by atoms with Gasteiger partial charge in [0.25, 0.3) is 0 Å². The van der Waals surface area contributed by atoms with E-state index in [1.54, 1.807) is 0 Å². The van der Waals surface area contributed by atoms with Gasteiger partial charge in [-0.2, -0.15) is 9.97 Å². The molecule has 0 saturated heterocycles. The average molecular weight is 539 g/mol. The summed E-state index contributed by atoms with van der Waals surface area (Å²) < 4.78 is 8.59. The van der Waals surface area contributed by atoms with E-state index in [2.05, 4.69) is 77.4 Å². The molecule has 0 aliphatic heterocycles. The smallest absolute Gasteiger partial charge is 0.238 e. The molecule has 0 aliphatic rings. The van der Waals surface area contributed by atoms with Crippen molar-refractivity contribution in [3.8, 4) is 28.7 Å². The molecule has 9 rings (SSSR count). The molecule has 196 valence electrons. The third-order valence-corrected chi connectivity index (χ3v) is 8.03. The lowest BCUT2D eigenvalue weighted by Crippen LogP contribution is -2.06. The second-order valence-electron chi connectivity index (χ2n) is 10.5. The second-order valence-corrected chi connectivity index (χ2v) is 10.5. The molecule has 3 aromatic heterocycles. The van der Waals surface area contributed by atoms with Gasteiger partial charge in [0.2, 0.25) is 5.95 Å². The van der Waals surface area contributed by atoms with E-state index in [1.807, 2.05) is 60.7 Å². The zero-order valence-corrected chi connectivity index (χ0v) is 22.4. The van der Waals surface area contributed by atoms with E-state index in [1.165, 1.54) is 5.39 Å². The van der Waals surface area contributed by atoms with E-state index in [4.69, 9.17) is 19.4 Å². The van der Waals surface area contributed by atoms with Crippen LogP contribution >= 0.6 is 0 Å². The Bertz CT molecular complexity index is 2400. The molecule has 0 radical (unpaired) electrons. The van der Waals surface area contributed by atoms with E-state index in [-0.39, 0.29) is 0 Å². The highest BCUT2D eigenvalue weighted by Gasteiger charge is 2.21. The number of fused-ring (bicyclic) bond motifs is 8. The van der Waals surface area contributed by atoms with Crippen LogP contribution in [0.3, 0.4) is 0 Å². The molecular formula is C37H22N4O. The van der Waals surface area contributed by atoms with Crippen LogP contribution in [0.4, 0.5) is 0 Å². The molecule has 0 spiro atoms. The Hall–Kier alpha value is -5.81. The van der Waals surface area contributed by atoms with E-state index in [0.717, 1.165) is 60.3 Å². The molecule has 6 aromatic carbocycles. The molecular weight excluding hydrogens is 516 g/mol. The fourth-order valence-electron chi connectivity index (χ4n) is 6.12. The summed E-state index contributed by atoms with van der Waals surface area (Å²) in [7, 11) is 0. The van der Waals surface area contributed by atoms with Gasteiger partial charge in [-0.3, -0.25) is 4.57 Å². The van der Waals surface area contributed by atoms with Crippen molar-refractivity contribution in [1.29, 1.82) is 0 Å². The fourth-order valence-corrected chi connectivity index (χ4v) is 6.12. The topological polar surface area (TPSA) is 56.7 Å². The summed E-state index contributed by atoms with van der Waals surface area (Å²) in [6.07, 6.45) is 0. The van der Waals surface area contributed by atoms with E-state index in [9.17, 15) is 0 Å². The number of para-hydroxylation sites is 1. The van der Waals surface area contributed by atoms with Gasteiger partial charge in [0, 0.05) is 32.7 Å². The van der Waals surface area contributed by atoms with E-state index in [0.29, 0.717) is 17.6 Å². The van der Waals surface area contributed by atoms with Gasteiger partial charge in [-0.05, 0) is 41.1 Å². The number of hydrogen-bond acceptors (Lipinski definition) is 4. The number of rotatable bonds is 3. The summed E-state index contributed by atoms with van der Waals surface area (Å²) in [6, 6.07) is 45.6. The third-order valence-electron chi connectivity index (χ3n) is 8.03. The van der Waals surface area contributed by atoms with Crippen molar-refractivity contribution in [2.24, 2.45) is 0 Å². The Morgan fingerprint density at radius 1 is 0.452 bits per heavy atom. The van der Waals surface area contributed by atoms with Crippen LogP contribution in [0.5, 0.6) is 0 Å². The predicted molar refractivity (Wildman–Crippen MR) is 170 cm³/mol. The van der Waals surface area contributed by atoms with Crippen LogP contribution in [-0.4, -0.2) is 19.5 Å². The molecule has 5 heteroatoms. The minimum absolute atomic E-state index is 0.575. The van der Waals surface area contributed by atoms with Gasteiger partial charge in [0.05, 0.1) is 11.0 Å². The number of nitrogens with zero attached hydrogens (tertiary/aromatic N) is 4. The molecule has 0 fully saturated rings. The summed E-state index contributed by atoms with van der Waals surface area (Å²) in [5, 5.41) is 6.80. The molecule has 0 aliphatic carbocycles. The minimum atomic E-state index is 0.575. The van der Waals surface area contributed by atoms with Gasteiger partial charge >= 0.3 is 0 Å². The largest absolute Gasteiger partial charge is 0.456 e. The number of hydrogen-bond donors (Lipinski definition) is 0. The van der Waals surface area contributed by atoms with Gasteiger partial charge < -0.3 is 4.42 Å². The van der Waals surface area contributed by atoms with Crippen molar-refractivity contribution in [3.05, 3.63) is 133 Å². The molecule has 0 saturated carbocycles. The average Bonchev–Trinajstić information content (AvgIpc) is 3.59. The first-order chi connectivity index (χ1) is 20.8. The van der Waals surface area contributed by atoms with Gasteiger partial charge in [-0.1, -0.05) is 103 Å². The standard InChI is InChI=1S/C37H22N4O/c1-3-11-23(12-4-1)35-38-36(24-13-5-2-6-14-24)40-37(39-35)41-29-18-10-9-17-27(29)33-30(41)19-20-31-34(33)28-21-25-15-7-8-16-26(25)22-32(28)42-31/h1-22H. The van der Waals surface area contributed by atoms with Crippen LogP contribution in [0.2, 0.25) is 0 Å². The van der Waals surface area contributed by atoms with Crippen molar-refractivity contribution in [2.45, 2.75) is 0 Å². The van der Waals surface area contributed by atoms with Crippen LogP contribution in [-0.2, 0) is 0 Å². The summed E-state index contributed by atoms with van der Waals surface area (Å²) in [5.74, 6) is 1.84. The van der Waals surface area contributed by atoms with Crippen molar-refractivity contribution >= 4 is 54.5 Å². The lowest BCUT2D eigenvalue weighted by atomic mass is 10.0. The molecule has 5 nitrogen and oxygen atoms in total. The van der Waals surface area contributed by atoms with Crippen LogP contribution < -0.4 is 0 Å².